The topological polar surface area (TPSA) is 109 Å². The highest BCUT2D eigenvalue weighted by molar-refractivity contribution is 5.80. The summed E-state index contributed by atoms with van der Waals surface area (Å²) in [5.74, 6) is 0.654. The molecule has 1 aromatic rings. The van der Waals surface area contributed by atoms with E-state index in [-0.39, 0.29) is 17.8 Å². The molecule has 1 aliphatic heterocycles. The van der Waals surface area contributed by atoms with E-state index < -0.39 is 4.92 Å². The largest absolute Gasteiger partial charge is 0.450 e. The van der Waals surface area contributed by atoms with Crippen LogP contribution in [0.1, 0.15) is 32.3 Å². The molecule has 0 spiro atoms. The number of guanidine groups is 1. The molecule has 29 heavy (non-hydrogen) atoms. The van der Waals surface area contributed by atoms with Gasteiger partial charge in [-0.25, -0.2) is 9.79 Å². The van der Waals surface area contributed by atoms with E-state index in [1.807, 2.05) is 6.92 Å². The van der Waals surface area contributed by atoms with Crippen LogP contribution in [0.4, 0.5) is 10.5 Å². The summed E-state index contributed by atoms with van der Waals surface area (Å²) in [7, 11) is 0. The van der Waals surface area contributed by atoms with Gasteiger partial charge in [0, 0.05) is 37.8 Å². The Morgan fingerprint density at radius 2 is 2.00 bits per heavy atom. The summed E-state index contributed by atoms with van der Waals surface area (Å²) in [6, 6.07) is 6.55. The summed E-state index contributed by atoms with van der Waals surface area (Å²) < 4.78 is 5.05. The molecule has 1 fully saturated rings. The van der Waals surface area contributed by atoms with Gasteiger partial charge in [0.25, 0.3) is 5.69 Å². The number of nitro benzene ring substituents is 1. The molecular formula is C20H29N5O4. The van der Waals surface area contributed by atoms with Crippen molar-refractivity contribution in [3.8, 4) is 0 Å². The van der Waals surface area contributed by atoms with Gasteiger partial charge >= 0.3 is 6.09 Å². The number of piperidine rings is 1. The maximum Gasteiger partial charge on any atom is 0.409 e. The molecule has 1 aromatic carbocycles. The molecule has 1 heterocycles. The Balaban J connectivity index is 1.95. The Labute approximate surface area is 171 Å². The maximum atomic E-state index is 11.8. The van der Waals surface area contributed by atoms with Crippen LogP contribution in [0.15, 0.2) is 41.4 Å². The summed E-state index contributed by atoms with van der Waals surface area (Å²) in [4.78, 5) is 28.5. The van der Waals surface area contributed by atoms with E-state index in [0.29, 0.717) is 38.7 Å². The number of rotatable bonds is 7. The van der Waals surface area contributed by atoms with E-state index in [2.05, 4.69) is 22.2 Å². The molecule has 0 atom stereocenters. The van der Waals surface area contributed by atoms with Crippen molar-refractivity contribution in [2.75, 3.05) is 26.2 Å². The average Bonchev–Trinajstić information content (AvgIpc) is 2.71. The molecule has 0 bridgehead atoms. The molecule has 0 saturated carbocycles. The number of likely N-dealkylation sites (tertiary alicyclic amines) is 1. The summed E-state index contributed by atoms with van der Waals surface area (Å²) >= 11 is 0. The highest BCUT2D eigenvalue weighted by Crippen LogP contribution is 2.13. The Morgan fingerprint density at radius 1 is 1.34 bits per heavy atom. The third-order valence-electron chi connectivity index (χ3n) is 4.49. The van der Waals surface area contributed by atoms with Gasteiger partial charge in [0.1, 0.15) is 0 Å². The van der Waals surface area contributed by atoms with Crippen LogP contribution in [0.25, 0.3) is 0 Å². The number of hydrogen-bond donors (Lipinski definition) is 2. The summed E-state index contributed by atoms with van der Waals surface area (Å²) in [6.07, 6.45) is 1.33. The number of amides is 1. The lowest BCUT2D eigenvalue weighted by molar-refractivity contribution is -0.384. The highest BCUT2D eigenvalue weighted by atomic mass is 16.6. The monoisotopic (exact) mass is 403 g/mol. The zero-order valence-electron chi connectivity index (χ0n) is 17.0. The van der Waals surface area contributed by atoms with Crippen molar-refractivity contribution in [3.63, 3.8) is 0 Å². The number of carbonyl (C=O) groups excluding carboxylic acids is 1. The fraction of sp³-hybridized carbons (Fsp3) is 0.500. The molecule has 0 aliphatic carbocycles. The second-order valence-corrected chi connectivity index (χ2v) is 7.00. The molecule has 158 valence electrons. The molecule has 0 radical (unpaired) electrons. The van der Waals surface area contributed by atoms with E-state index in [4.69, 9.17) is 4.74 Å². The number of hydrogen-bond acceptors (Lipinski definition) is 5. The third kappa shape index (κ3) is 7.44. The number of benzene rings is 1. The lowest BCUT2D eigenvalue weighted by atomic mass is 10.1. The maximum absolute atomic E-state index is 11.8. The lowest BCUT2D eigenvalue weighted by Gasteiger charge is -2.32. The molecule has 1 amide bonds. The third-order valence-corrected chi connectivity index (χ3v) is 4.49. The van der Waals surface area contributed by atoms with Crippen molar-refractivity contribution in [1.82, 2.24) is 15.5 Å². The first-order valence-corrected chi connectivity index (χ1v) is 9.73. The molecule has 2 rings (SSSR count). The van der Waals surface area contributed by atoms with E-state index in [1.165, 1.54) is 12.1 Å². The van der Waals surface area contributed by atoms with Gasteiger partial charge in [-0.3, -0.25) is 10.1 Å². The molecule has 1 aliphatic rings. The van der Waals surface area contributed by atoms with Gasteiger partial charge < -0.3 is 20.3 Å². The Morgan fingerprint density at radius 3 is 2.55 bits per heavy atom. The molecule has 9 nitrogen and oxygen atoms in total. The van der Waals surface area contributed by atoms with Crippen LogP contribution in [0.3, 0.4) is 0 Å². The SMILES string of the molecule is C=C(C)CNC(=NCc1ccc([N+](=O)[O-])cc1)NC1CCN(C(=O)OCC)CC1. The predicted octanol–water partition coefficient (Wildman–Crippen LogP) is 2.83. The first-order chi connectivity index (χ1) is 13.9. The quantitative estimate of drug-likeness (QED) is 0.238. The van der Waals surface area contributed by atoms with Gasteiger partial charge in [0.2, 0.25) is 0 Å². The number of nitrogens with zero attached hydrogens (tertiary/aromatic N) is 3. The van der Waals surface area contributed by atoms with Crippen LogP contribution < -0.4 is 10.6 Å². The Kier molecular flexibility index (Phi) is 8.45. The number of nitrogens with one attached hydrogen (secondary N) is 2. The van der Waals surface area contributed by atoms with E-state index in [0.717, 1.165) is 24.0 Å². The van der Waals surface area contributed by atoms with E-state index in [1.54, 1.807) is 24.0 Å². The minimum Gasteiger partial charge on any atom is -0.450 e. The van der Waals surface area contributed by atoms with E-state index in [9.17, 15) is 14.9 Å². The van der Waals surface area contributed by atoms with Gasteiger partial charge in [-0.2, -0.15) is 0 Å². The lowest BCUT2D eigenvalue weighted by Crippen LogP contribution is -2.50. The first kappa shape index (κ1) is 22.2. The zero-order chi connectivity index (χ0) is 21.2. The van der Waals surface area contributed by atoms with Crippen molar-refractivity contribution in [2.24, 2.45) is 4.99 Å². The number of carbonyl (C=O) groups is 1. The van der Waals surface area contributed by atoms with Gasteiger partial charge in [-0.1, -0.05) is 24.3 Å². The summed E-state index contributed by atoms with van der Waals surface area (Å²) in [5, 5.41) is 17.4. The number of aliphatic imine (C=N–C) groups is 1. The van der Waals surface area contributed by atoms with Crippen molar-refractivity contribution in [1.29, 1.82) is 0 Å². The van der Waals surface area contributed by atoms with Crippen LogP contribution in [0.2, 0.25) is 0 Å². The van der Waals surface area contributed by atoms with Crippen LogP contribution in [-0.4, -0.2) is 54.2 Å². The second kappa shape index (κ2) is 11.0. The fourth-order valence-electron chi connectivity index (χ4n) is 2.90. The van der Waals surface area contributed by atoms with Crippen molar-refractivity contribution >= 4 is 17.7 Å². The van der Waals surface area contributed by atoms with Crippen molar-refractivity contribution in [3.05, 3.63) is 52.1 Å². The molecule has 2 N–H and O–H groups in total. The molecule has 0 aromatic heterocycles. The smallest absolute Gasteiger partial charge is 0.409 e. The van der Waals surface area contributed by atoms with Gasteiger partial charge in [-0.15, -0.1) is 0 Å². The number of ether oxygens (including phenoxy) is 1. The number of nitro groups is 1. The van der Waals surface area contributed by atoms with Crippen molar-refractivity contribution in [2.45, 2.75) is 39.3 Å². The van der Waals surface area contributed by atoms with Crippen molar-refractivity contribution < 1.29 is 14.5 Å². The highest BCUT2D eigenvalue weighted by Gasteiger charge is 2.24. The first-order valence-electron chi connectivity index (χ1n) is 9.73. The standard InChI is InChI=1S/C20H29N5O4/c1-4-29-20(26)24-11-9-17(10-12-24)23-19(21-13-15(2)3)22-14-16-5-7-18(8-6-16)25(27)28/h5-8,17H,2,4,9-14H2,1,3H3,(H2,21,22,23). The summed E-state index contributed by atoms with van der Waals surface area (Å²) in [5.41, 5.74) is 1.92. The average molecular weight is 403 g/mol. The van der Waals surface area contributed by atoms with Gasteiger partial charge in [0.05, 0.1) is 18.1 Å². The summed E-state index contributed by atoms with van der Waals surface area (Å²) in [6.45, 7) is 10.3. The molecule has 0 unspecified atom stereocenters. The Bertz CT molecular complexity index is 740. The fourth-order valence-corrected chi connectivity index (χ4v) is 2.90. The predicted molar refractivity (Wildman–Crippen MR) is 112 cm³/mol. The minimum atomic E-state index is -0.420. The van der Waals surface area contributed by atoms with E-state index >= 15 is 0 Å². The Hall–Kier alpha value is -3.10. The second-order valence-electron chi connectivity index (χ2n) is 7.00. The molecule has 1 saturated heterocycles. The minimum absolute atomic E-state index is 0.0600. The van der Waals surface area contributed by atoms with Gasteiger partial charge in [0.15, 0.2) is 5.96 Å². The van der Waals surface area contributed by atoms with Crippen LogP contribution in [0.5, 0.6) is 0 Å². The molecular weight excluding hydrogens is 374 g/mol. The van der Waals surface area contributed by atoms with Crippen LogP contribution in [0, 0.1) is 10.1 Å². The number of non-ortho nitro benzene ring substituents is 1. The van der Waals surface area contributed by atoms with Crippen LogP contribution >= 0.6 is 0 Å². The normalized spacial score (nSPS) is 15.0. The molecule has 9 heteroatoms. The van der Waals surface area contributed by atoms with Gasteiger partial charge in [-0.05, 0) is 32.3 Å². The zero-order valence-corrected chi connectivity index (χ0v) is 17.0. The van der Waals surface area contributed by atoms with Crippen LogP contribution in [-0.2, 0) is 11.3 Å².